The number of nitrogens with zero attached hydrogens (tertiary/aromatic N) is 1. The fraction of sp³-hybridized carbons (Fsp3) is 0.417. The first-order valence-corrected chi connectivity index (χ1v) is 6.08. The molecule has 0 bridgehead atoms. The van der Waals surface area contributed by atoms with Crippen molar-refractivity contribution in [3.05, 3.63) is 34.3 Å². The highest BCUT2D eigenvalue weighted by atomic mass is 79.9. The van der Waals surface area contributed by atoms with Crippen LogP contribution >= 0.6 is 15.9 Å². The minimum atomic E-state index is 0.344. The summed E-state index contributed by atoms with van der Waals surface area (Å²) in [5.41, 5.74) is 1.07. The van der Waals surface area contributed by atoms with Crippen molar-refractivity contribution in [2.24, 2.45) is 5.16 Å². The van der Waals surface area contributed by atoms with E-state index in [4.69, 9.17) is 4.84 Å². The van der Waals surface area contributed by atoms with Crippen LogP contribution in [0.2, 0.25) is 0 Å². The quantitative estimate of drug-likeness (QED) is 0.604. The number of halogens is 1. The lowest BCUT2D eigenvalue weighted by Crippen LogP contribution is -2.02. The monoisotopic (exact) mass is 267 g/mol. The molecule has 0 atom stereocenters. The van der Waals surface area contributed by atoms with Gasteiger partial charge in [-0.2, -0.15) is 0 Å². The summed E-state index contributed by atoms with van der Waals surface area (Å²) < 4.78 is 1.08. The molecule has 0 amide bonds. The van der Waals surface area contributed by atoms with Crippen molar-refractivity contribution < 1.29 is 4.84 Å². The highest BCUT2D eigenvalue weighted by Crippen LogP contribution is 2.20. The fourth-order valence-electron chi connectivity index (χ4n) is 1.72. The Morgan fingerprint density at radius 1 is 1.20 bits per heavy atom. The van der Waals surface area contributed by atoms with Gasteiger partial charge < -0.3 is 4.84 Å². The largest absolute Gasteiger partial charge is 0.393 e. The van der Waals surface area contributed by atoms with Crippen molar-refractivity contribution in [1.29, 1.82) is 0 Å². The Morgan fingerprint density at radius 3 is 2.53 bits per heavy atom. The van der Waals surface area contributed by atoms with Gasteiger partial charge in [-0.15, -0.1) is 0 Å². The predicted octanol–water partition coefficient (Wildman–Crippen LogP) is 3.74. The second-order valence-corrected chi connectivity index (χ2v) is 4.71. The molecule has 0 N–H and O–H groups in total. The number of rotatable bonds is 3. The van der Waals surface area contributed by atoms with Crippen LogP contribution in [-0.2, 0) is 4.84 Å². The average molecular weight is 268 g/mol. The Bertz CT molecular complexity index is 328. The molecule has 0 unspecified atom stereocenters. The smallest absolute Gasteiger partial charge is 0.127 e. The molecule has 0 heterocycles. The maximum atomic E-state index is 5.39. The van der Waals surface area contributed by atoms with Gasteiger partial charge in [0, 0.05) is 4.47 Å². The third-order valence-corrected chi connectivity index (χ3v) is 3.11. The minimum Gasteiger partial charge on any atom is -0.393 e. The van der Waals surface area contributed by atoms with Crippen LogP contribution in [0.5, 0.6) is 0 Å². The van der Waals surface area contributed by atoms with Crippen molar-refractivity contribution in [2.75, 3.05) is 0 Å². The molecular weight excluding hydrogens is 254 g/mol. The first kappa shape index (κ1) is 10.7. The van der Waals surface area contributed by atoms with E-state index < -0.39 is 0 Å². The lowest BCUT2D eigenvalue weighted by atomic mass is 10.2. The van der Waals surface area contributed by atoms with Gasteiger partial charge in [-0.3, -0.25) is 0 Å². The second kappa shape index (κ2) is 5.31. The average Bonchev–Trinajstić information content (AvgIpc) is 2.74. The van der Waals surface area contributed by atoms with Crippen molar-refractivity contribution in [1.82, 2.24) is 0 Å². The molecule has 0 aliphatic heterocycles. The van der Waals surface area contributed by atoms with Crippen LogP contribution in [0, 0.1) is 0 Å². The highest BCUT2D eigenvalue weighted by Gasteiger charge is 2.15. The van der Waals surface area contributed by atoms with Crippen LogP contribution in [0.25, 0.3) is 0 Å². The molecule has 0 spiro atoms. The van der Waals surface area contributed by atoms with E-state index in [0.717, 1.165) is 22.9 Å². The standard InChI is InChI=1S/C12H14BrNO/c13-11-7-5-10(6-8-11)9-14-15-12-3-1-2-4-12/h5-9,12H,1-4H2. The Morgan fingerprint density at radius 2 is 1.87 bits per heavy atom. The topological polar surface area (TPSA) is 21.6 Å². The molecule has 80 valence electrons. The zero-order chi connectivity index (χ0) is 10.5. The van der Waals surface area contributed by atoms with E-state index in [1.165, 1.54) is 12.8 Å². The molecule has 0 saturated heterocycles. The van der Waals surface area contributed by atoms with Gasteiger partial charge in [0.2, 0.25) is 0 Å². The SMILES string of the molecule is Brc1ccc(C=NOC2CCCC2)cc1. The van der Waals surface area contributed by atoms with Crippen molar-refractivity contribution in [2.45, 2.75) is 31.8 Å². The van der Waals surface area contributed by atoms with Gasteiger partial charge in [0.05, 0.1) is 6.21 Å². The van der Waals surface area contributed by atoms with Crippen molar-refractivity contribution >= 4 is 22.1 Å². The Kier molecular flexibility index (Phi) is 3.78. The molecule has 1 aliphatic carbocycles. The van der Waals surface area contributed by atoms with Crippen LogP contribution < -0.4 is 0 Å². The molecule has 0 radical (unpaired) electrons. The summed E-state index contributed by atoms with van der Waals surface area (Å²) >= 11 is 3.39. The lowest BCUT2D eigenvalue weighted by molar-refractivity contribution is 0.0657. The first-order chi connectivity index (χ1) is 7.34. The predicted molar refractivity (Wildman–Crippen MR) is 65.1 cm³/mol. The van der Waals surface area contributed by atoms with Crippen LogP contribution in [0.1, 0.15) is 31.2 Å². The van der Waals surface area contributed by atoms with Crippen LogP contribution in [0.4, 0.5) is 0 Å². The van der Waals surface area contributed by atoms with E-state index in [2.05, 4.69) is 21.1 Å². The minimum absolute atomic E-state index is 0.344. The first-order valence-electron chi connectivity index (χ1n) is 5.29. The van der Waals surface area contributed by atoms with Crippen LogP contribution in [0.15, 0.2) is 33.9 Å². The lowest BCUT2D eigenvalue weighted by Gasteiger charge is -2.05. The van der Waals surface area contributed by atoms with E-state index in [9.17, 15) is 0 Å². The van der Waals surface area contributed by atoms with E-state index in [1.807, 2.05) is 24.3 Å². The second-order valence-electron chi connectivity index (χ2n) is 3.80. The van der Waals surface area contributed by atoms with Gasteiger partial charge in [0.25, 0.3) is 0 Å². The molecule has 1 aromatic rings. The Balaban J connectivity index is 1.85. The summed E-state index contributed by atoms with van der Waals surface area (Å²) in [6.45, 7) is 0. The van der Waals surface area contributed by atoms with Crippen LogP contribution in [0.3, 0.4) is 0 Å². The summed E-state index contributed by atoms with van der Waals surface area (Å²) in [4.78, 5) is 5.39. The molecule has 1 saturated carbocycles. The van der Waals surface area contributed by atoms with Gasteiger partial charge in [-0.05, 0) is 43.4 Å². The molecular formula is C12H14BrNO. The molecule has 1 fully saturated rings. The Labute approximate surface area is 98.4 Å². The maximum absolute atomic E-state index is 5.39. The summed E-state index contributed by atoms with van der Waals surface area (Å²) in [7, 11) is 0. The molecule has 2 rings (SSSR count). The van der Waals surface area contributed by atoms with E-state index in [0.29, 0.717) is 6.10 Å². The molecule has 2 nitrogen and oxygen atoms in total. The summed E-state index contributed by atoms with van der Waals surface area (Å²) in [6.07, 6.45) is 6.97. The summed E-state index contributed by atoms with van der Waals surface area (Å²) in [5, 5.41) is 4.01. The van der Waals surface area contributed by atoms with Gasteiger partial charge in [0.15, 0.2) is 0 Å². The number of hydrogen-bond acceptors (Lipinski definition) is 2. The fourth-order valence-corrected chi connectivity index (χ4v) is 1.98. The summed E-state index contributed by atoms with van der Waals surface area (Å²) in [5.74, 6) is 0. The van der Waals surface area contributed by atoms with Gasteiger partial charge in [0.1, 0.15) is 6.10 Å². The van der Waals surface area contributed by atoms with E-state index in [-0.39, 0.29) is 0 Å². The maximum Gasteiger partial charge on any atom is 0.127 e. The zero-order valence-electron chi connectivity index (χ0n) is 8.53. The van der Waals surface area contributed by atoms with E-state index in [1.54, 1.807) is 6.21 Å². The molecule has 0 aromatic heterocycles. The number of oxime groups is 1. The third-order valence-electron chi connectivity index (χ3n) is 2.58. The highest BCUT2D eigenvalue weighted by molar-refractivity contribution is 9.10. The number of hydrogen-bond donors (Lipinski definition) is 0. The molecule has 3 heteroatoms. The van der Waals surface area contributed by atoms with Gasteiger partial charge >= 0.3 is 0 Å². The normalized spacial score (nSPS) is 17.4. The van der Waals surface area contributed by atoms with Gasteiger partial charge in [-0.1, -0.05) is 33.2 Å². The van der Waals surface area contributed by atoms with Gasteiger partial charge in [-0.25, -0.2) is 0 Å². The Hall–Kier alpha value is -0.830. The van der Waals surface area contributed by atoms with Crippen LogP contribution in [-0.4, -0.2) is 12.3 Å². The third kappa shape index (κ3) is 3.34. The summed E-state index contributed by atoms with van der Waals surface area (Å²) in [6, 6.07) is 8.00. The number of benzene rings is 1. The zero-order valence-corrected chi connectivity index (χ0v) is 10.1. The van der Waals surface area contributed by atoms with E-state index >= 15 is 0 Å². The molecule has 1 aliphatic rings. The molecule has 1 aromatic carbocycles. The van der Waals surface area contributed by atoms with Crippen molar-refractivity contribution in [3.8, 4) is 0 Å². The van der Waals surface area contributed by atoms with Crippen molar-refractivity contribution in [3.63, 3.8) is 0 Å². The molecule has 15 heavy (non-hydrogen) atoms.